The Balaban J connectivity index is 0.000000485. The maximum atomic E-state index is 10.9. The summed E-state index contributed by atoms with van der Waals surface area (Å²) in [5, 5.41) is 130. The van der Waals surface area contributed by atoms with E-state index in [1.54, 1.807) is 0 Å². The highest BCUT2D eigenvalue weighted by Gasteiger charge is 2.35. The molecule has 4 aromatic rings. The minimum absolute atomic E-state index is 0.186. The van der Waals surface area contributed by atoms with Crippen molar-refractivity contribution in [2.45, 2.75) is 52.2 Å². The zero-order chi connectivity index (χ0) is 61.3. The third kappa shape index (κ3) is 21.3. The SMILES string of the molecule is CC(CC(=O)O)C(=O)O.Nc1ccc(C(=O)O)c(C(=O)O)c1.O=C(O)C1CCCCC1C(=O)O.O=C(O)c1cc(OCO)c(OCO)cc1C(=O)O.O=C(O)c1cc2c(cc1C(=O)O)COC2.O=C(O)c1ccc(O)cc1C(=O)O. The first kappa shape index (κ1) is 67.6. The Morgan fingerprint density at radius 2 is 0.812 bits per heavy atom. The number of nitrogens with two attached hydrogens (primary N) is 1. The number of ether oxygens (including phenoxy) is 3. The number of aliphatic carboxylic acids is 4. The highest BCUT2D eigenvalue weighted by atomic mass is 16.6. The zero-order valence-electron chi connectivity index (χ0n) is 41.3. The summed E-state index contributed by atoms with van der Waals surface area (Å²) in [5.41, 5.74) is 4.29. The molecule has 80 heavy (non-hydrogen) atoms. The average molecular weight is 1130 g/mol. The molecule has 0 radical (unpaired) electrons. The van der Waals surface area contributed by atoms with E-state index in [0.29, 0.717) is 26.1 Å². The fourth-order valence-corrected chi connectivity index (χ4v) is 6.75. The van der Waals surface area contributed by atoms with Crippen molar-refractivity contribution in [2.75, 3.05) is 19.3 Å². The lowest BCUT2D eigenvalue weighted by Gasteiger charge is -2.24. The quantitative estimate of drug-likeness (QED) is 0.0532. The third-order valence-corrected chi connectivity index (χ3v) is 10.6. The van der Waals surface area contributed by atoms with Crippen molar-refractivity contribution in [3.05, 3.63) is 116 Å². The van der Waals surface area contributed by atoms with Gasteiger partial charge in [0.2, 0.25) is 0 Å². The Kier molecular flexibility index (Phi) is 27.3. The first-order valence-electron chi connectivity index (χ1n) is 22.2. The number of aliphatic hydroxyl groups is 2. The molecule has 0 aromatic heterocycles. The van der Waals surface area contributed by atoms with Gasteiger partial charge in [0.1, 0.15) is 5.75 Å². The maximum Gasteiger partial charge on any atom is 0.336 e. The molecule has 1 fully saturated rings. The van der Waals surface area contributed by atoms with E-state index in [2.05, 4.69) is 9.47 Å². The lowest BCUT2D eigenvalue weighted by molar-refractivity contribution is -0.155. The third-order valence-electron chi connectivity index (χ3n) is 10.6. The van der Waals surface area contributed by atoms with Gasteiger partial charge in [-0.2, -0.15) is 0 Å². The van der Waals surface area contributed by atoms with E-state index < -0.39 is 120 Å². The summed E-state index contributed by atoms with van der Waals surface area (Å²) in [5.74, 6) is -17.6. The topological polar surface area (TPSA) is 562 Å². The van der Waals surface area contributed by atoms with Crippen LogP contribution in [0.3, 0.4) is 0 Å². The second kappa shape index (κ2) is 32.2. The van der Waals surface area contributed by atoms with Gasteiger partial charge in [0, 0.05) is 5.69 Å². The van der Waals surface area contributed by atoms with Crippen LogP contribution in [0.1, 0.15) is 133 Å². The van der Waals surface area contributed by atoms with Crippen LogP contribution in [-0.2, 0) is 37.1 Å². The number of phenols is 1. The Hall–Kier alpha value is -10.4. The van der Waals surface area contributed by atoms with Crippen LogP contribution in [0.5, 0.6) is 17.2 Å². The fraction of sp³-hybridized carbons (Fsp3) is 0.265. The predicted molar refractivity (Wildman–Crippen MR) is 261 cm³/mol. The molecule has 17 N–H and O–H groups in total. The van der Waals surface area contributed by atoms with E-state index in [1.807, 2.05) is 0 Å². The number of carbonyl (C=O) groups is 12. The van der Waals surface area contributed by atoms with E-state index in [9.17, 15) is 57.5 Å². The fourth-order valence-electron chi connectivity index (χ4n) is 6.75. The standard InChI is InChI=1S/C10H10O8.C10H8O5.C8H7NO4.C8H6O5.C8H12O4.C5H8O4/c11-3-17-7-1-5(9(13)14)6(10(15)16)2-8(7)18-4-12;11-9(12)7-1-5-3-15-4-6(5)2-8(7)10(13)14;2*9-4-1-2-5(7(10)11)6(3-4)8(12)13;9-7(10)5-3-1-2-4-6(5)8(11)12;1-3(5(8)9)2-4(6)7/h1-2,11-12H,3-4H2,(H,13,14)(H,15,16);1-2H,3-4H2,(H,11,12)(H,13,14);1-3H,9H2,(H,10,11)(H,12,13);1-3,9H,(H,10,11)(H,12,13);5-6H,1-4H2,(H,9,10)(H,11,12);3H,2H2,1H3,(H,6,7)(H,8,9). The van der Waals surface area contributed by atoms with Crippen LogP contribution < -0.4 is 15.2 Å². The van der Waals surface area contributed by atoms with Gasteiger partial charge in [-0.25, -0.2) is 38.4 Å². The second-order valence-electron chi connectivity index (χ2n) is 16.0. The molecule has 1 aliphatic heterocycles. The van der Waals surface area contributed by atoms with Crippen molar-refractivity contribution in [3.8, 4) is 17.2 Å². The van der Waals surface area contributed by atoms with Gasteiger partial charge in [-0.1, -0.05) is 19.8 Å². The van der Waals surface area contributed by atoms with Crippen LogP contribution in [0.2, 0.25) is 0 Å². The summed E-state index contributed by atoms with van der Waals surface area (Å²) >= 11 is 0. The molecule has 1 saturated carbocycles. The Bertz CT molecular complexity index is 2800. The Labute approximate surface area is 447 Å². The predicted octanol–water partition coefficient (Wildman–Crippen LogP) is 3.45. The number of phenolic OH excluding ortho intramolecular Hbond substituents is 1. The lowest BCUT2D eigenvalue weighted by Crippen LogP contribution is -2.32. The summed E-state index contributed by atoms with van der Waals surface area (Å²) in [6.07, 6.45) is 2.37. The molecule has 6 rings (SSSR count). The largest absolute Gasteiger partial charge is 0.508 e. The molecule has 1 aliphatic carbocycles. The molecule has 4 aromatic carbocycles. The molecule has 0 saturated heterocycles. The van der Waals surface area contributed by atoms with Gasteiger partial charge in [0.15, 0.2) is 25.1 Å². The van der Waals surface area contributed by atoms with Crippen LogP contribution in [0.4, 0.5) is 5.69 Å². The zero-order valence-corrected chi connectivity index (χ0v) is 41.3. The second-order valence-corrected chi connectivity index (χ2v) is 16.0. The Morgan fingerprint density at radius 3 is 1.11 bits per heavy atom. The monoisotopic (exact) mass is 1130 g/mol. The lowest BCUT2D eigenvalue weighted by atomic mass is 9.79. The Morgan fingerprint density at radius 1 is 0.487 bits per heavy atom. The van der Waals surface area contributed by atoms with Crippen LogP contribution >= 0.6 is 0 Å². The molecule has 3 unspecified atom stereocenters. The van der Waals surface area contributed by atoms with Crippen LogP contribution in [0.25, 0.3) is 0 Å². The number of carboxylic acid groups (broad SMARTS) is 12. The number of carboxylic acids is 12. The van der Waals surface area contributed by atoms with Crippen LogP contribution in [0.15, 0.2) is 60.7 Å². The van der Waals surface area contributed by atoms with Gasteiger partial charge in [0.25, 0.3) is 0 Å². The summed E-state index contributed by atoms with van der Waals surface area (Å²) in [6, 6.07) is 11.2. The molecular formula is C49H51NO30. The maximum absolute atomic E-state index is 10.9. The number of benzene rings is 4. The smallest absolute Gasteiger partial charge is 0.336 e. The van der Waals surface area contributed by atoms with E-state index in [4.69, 9.17) is 87.1 Å². The van der Waals surface area contributed by atoms with E-state index in [1.165, 1.54) is 31.2 Å². The number of hydrogen-bond acceptors (Lipinski definition) is 19. The van der Waals surface area contributed by atoms with Crippen molar-refractivity contribution in [1.29, 1.82) is 0 Å². The summed E-state index contributed by atoms with van der Waals surface area (Å²) < 4.78 is 14.5. The normalized spacial score (nSPS) is 13.7. The van der Waals surface area contributed by atoms with Crippen molar-refractivity contribution in [3.63, 3.8) is 0 Å². The average Bonchev–Trinajstić information content (AvgIpc) is 3.85. The van der Waals surface area contributed by atoms with Gasteiger partial charge >= 0.3 is 71.6 Å². The minimum Gasteiger partial charge on any atom is -0.508 e. The molecule has 1 heterocycles. The van der Waals surface area contributed by atoms with Crippen molar-refractivity contribution >= 4 is 77.3 Å². The summed E-state index contributed by atoms with van der Waals surface area (Å²) in [4.78, 5) is 127. The number of fused-ring (bicyclic) bond motifs is 1. The number of aromatic hydroxyl groups is 1. The van der Waals surface area contributed by atoms with E-state index in [0.717, 1.165) is 60.4 Å². The van der Waals surface area contributed by atoms with Crippen molar-refractivity contribution in [2.24, 2.45) is 17.8 Å². The highest BCUT2D eigenvalue weighted by molar-refractivity contribution is 6.04. The number of aromatic carboxylic acids is 8. The molecule has 432 valence electrons. The number of aliphatic hydroxyl groups excluding tert-OH is 2. The molecule has 0 bridgehead atoms. The summed E-state index contributed by atoms with van der Waals surface area (Å²) in [6.45, 7) is 0.530. The van der Waals surface area contributed by atoms with Crippen molar-refractivity contribution < 1.29 is 148 Å². The van der Waals surface area contributed by atoms with Gasteiger partial charge in [0.05, 0.1) is 81.9 Å². The molecule has 2 aliphatic rings. The first-order chi connectivity index (χ1) is 37.3. The van der Waals surface area contributed by atoms with Gasteiger partial charge in [-0.15, -0.1) is 0 Å². The van der Waals surface area contributed by atoms with E-state index in [-0.39, 0.29) is 57.2 Å². The minimum atomic E-state index is -1.47. The molecule has 31 nitrogen and oxygen atoms in total. The van der Waals surface area contributed by atoms with E-state index >= 15 is 0 Å². The van der Waals surface area contributed by atoms with Crippen molar-refractivity contribution in [1.82, 2.24) is 0 Å². The highest BCUT2D eigenvalue weighted by Crippen LogP contribution is 2.32. The summed E-state index contributed by atoms with van der Waals surface area (Å²) in [7, 11) is 0. The molecule has 0 amide bonds. The molecule has 31 heteroatoms. The van der Waals surface area contributed by atoms with Gasteiger partial charge < -0.3 is 96.5 Å². The number of anilines is 1. The number of nitrogen functional groups attached to an aromatic ring is 1. The number of hydrogen-bond donors (Lipinski definition) is 16. The molecule has 3 atom stereocenters. The van der Waals surface area contributed by atoms with Gasteiger partial charge in [-0.05, 0) is 84.6 Å². The van der Waals surface area contributed by atoms with Crippen LogP contribution in [0, 0.1) is 17.8 Å². The molecular weight excluding hydrogens is 1080 g/mol. The first-order valence-corrected chi connectivity index (χ1v) is 22.2. The number of rotatable bonds is 17. The molecule has 0 spiro atoms. The van der Waals surface area contributed by atoms with Crippen LogP contribution in [-0.4, -0.2) is 162 Å². The van der Waals surface area contributed by atoms with Gasteiger partial charge in [-0.3, -0.25) is 19.2 Å².